The molecule has 0 bridgehead atoms. The maximum absolute atomic E-state index is 13.1. The molecule has 6 atom stereocenters. The van der Waals surface area contributed by atoms with Crippen molar-refractivity contribution in [2.45, 2.75) is 108 Å². The second-order valence-electron chi connectivity index (χ2n) is 12.9. The molecule has 0 aromatic heterocycles. The number of nitrogens with zero attached hydrogens (tertiary/aromatic N) is 1. The normalized spacial score (nSPS) is 26.5. The van der Waals surface area contributed by atoms with E-state index < -0.39 is 65.4 Å². The van der Waals surface area contributed by atoms with Crippen LogP contribution in [-0.4, -0.2) is 103 Å². The van der Waals surface area contributed by atoms with E-state index in [1.807, 2.05) is 30.3 Å². The summed E-state index contributed by atoms with van der Waals surface area (Å²) >= 11 is 0. The van der Waals surface area contributed by atoms with Gasteiger partial charge in [-0.2, -0.15) is 0 Å². The first kappa shape index (κ1) is 33.6. The van der Waals surface area contributed by atoms with E-state index in [2.05, 4.69) is 5.32 Å². The summed E-state index contributed by atoms with van der Waals surface area (Å²) in [6.45, 7) is 11.1. The van der Waals surface area contributed by atoms with Crippen LogP contribution in [0, 0.1) is 0 Å². The highest BCUT2D eigenvalue weighted by atomic mass is 16.6. The molecule has 236 valence electrons. The topological polar surface area (TPSA) is 145 Å². The number of rotatable bonds is 10. The van der Waals surface area contributed by atoms with Gasteiger partial charge >= 0.3 is 18.2 Å². The highest BCUT2D eigenvalue weighted by Gasteiger charge is 2.54. The average Bonchev–Trinajstić information content (AvgIpc) is 3.65. The number of esters is 1. The standard InChI is InChI=1S/C30H46N2O10/c1-28(2,3)41-26(35)31-20(25(34)37-8)14-30(18-40-30)15-21-24(33)23(32(7)27(36)42-29(4,5)6)22(17-39-21)38-16-19-12-10-9-11-13-19/h9-13,20-24,33H,14-18H2,1-8H3,(H,31,35)/t20-,21+,22+,23+,24-,30?/m0/s1. The van der Waals surface area contributed by atoms with Gasteiger partial charge in [-0.15, -0.1) is 0 Å². The minimum Gasteiger partial charge on any atom is -0.467 e. The zero-order chi connectivity index (χ0) is 31.3. The summed E-state index contributed by atoms with van der Waals surface area (Å²) in [5.74, 6) is -0.655. The summed E-state index contributed by atoms with van der Waals surface area (Å²) in [6, 6.07) is 7.72. The zero-order valence-electron chi connectivity index (χ0n) is 25.9. The number of nitrogens with one attached hydrogen (secondary N) is 1. The largest absolute Gasteiger partial charge is 0.467 e. The van der Waals surface area contributed by atoms with Gasteiger partial charge in [0.05, 0.1) is 44.7 Å². The number of carbonyl (C=O) groups is 3. The SMILES string of the molecule is COC(=O)[C@H](CC1(C[C@H]2OC[C@@H](OCc3ccccc3)[C@@H](N(C)C(=O)OC(C)(C)C)[C@H]2O)CO1)NC(=O)OC(C)(C)C. The Hall–Kier alpha value is -2.93. The van der Waals surface area contributed by atoms with Crippen molar-refractivity contribution in [2.24, 2.45) is 0 Å². The van der Waals surface area contributed by atoms with Crippen LogP contribution in [0.4, 0.5) is 9.59 Å². The maximum Gasteiger partial charge on any atom is 0.410 e. The summed E-state index contributed by atoms with van der Waals surface area (Å²) < 4.78 is 33.8. The molecule has 2 aliphatic heterocycles. The Kier molecular flexibility index (Phi) is 10.9. The number of carbonyl (C=O) groups excluding carboxylic acids is 3. The molecule has 42 heavy (non-hydrogen) atoms. The molecule has 2 heterocycles. The second-order valence-corrected chi connectivity index (χ2v) is 12.9. The number of aliphatic hydroxyl groups excluding tert-OH is 1. The summed E-state index contributed by atoms with van der Waals surface area (Å²) in [4.78, 5) is 39.3. The molecule has 0 aliphatic carbocycles. The first-order chi connectivity index (χ1) is 19.5. The van der Waals surface area contributed by atoms with Crippen LogP contribution in [0.25, 0.3) is 0 Å². The van der Waals surface area contributed by atoms with Crippen molar-refractivity contribution in [2.75, 3.05) is 27.4 Å². The molecular formula is C30H46N2O10. The van der Waals surface area contributed by atoms with Crippen molar-refractivity contribution in [1.82, 2.24) is 10.2 Å². The molecule has 2 saturated heterocycles. The number of ether oxygens (including phenoxy) is 6. The number of aliphatic hydroxyl groups is 1. The third kappa shape index (κ3) is 9.82. The number of likely N-dealkylation sites (N-methyl/N-ethyl adjacent to an activating group) is 1. The smallest absolute Gasteiger partial charge is 0.410 e. The van der Waals surface area contributed by atoms with Gasteiger partial charge in [0.15, 0.2) is 0 Å². The molecule has 0 spiro atoms. The minimum atomic E-state index is -1.17. The van der Waals surface area contributed by atoms with Crippen molar-refractivity contribution in [3.8, 4) is 0 Å². The van der Waals surface area contributed by atoms with E-state index in [1.54, 1.807) is 48.6 Å². The third-order valence-electron chi connectivity index (χ3n) is 6.90. The highest BCUT2D eigenvalue weighted by molar-refractivity contribution is 5.81. The summed E-state index contributed by atoms with van der Waals surface area (Å²) in [7, 11) is 2.79. The van der Waals surface area contributed by atoms with Gasteiger partial charge in [0.2, 0.25) is 0 Å². The van der Waals surface area contributed by atoms with Crippen LogP contribution >= 0.6 is 0 Å². The van der Waals surface area contributed by atoms with Crippen molar-refractivity contribution in [3.63, 3.8) is 0 Å². The van der Waals surface area contributed by atoms with Gasteiger partial charge in [-0.3, -0.25) is 0 Å². The van der Waals surface area contributed by atoms with E-state index in [0.29, 0.717) is 0 Å². The van der Waals surface area contributed by atoms with Crippen molar-refractivity contribution in [1.29, 1.82) is 0 Å². The molecule has 12 nitrogen and oxygen atoms in total. The Balaban J connectivity index is 1.75. The van der Waals surface area contributed by atoms with E-state index in [0.717, 1.165) is 5.56 Å². The number of methoxy groups -OCH3 is 1. The molecular weight excluding hydrogens is 548 g/mol. The van der Waals surface area contributed by atoms with Crippen LogP contribution in [0.2, 0.25) is 0 Å². The molecule has 1 aromatic carbocycles. The molecule has 2 fully saturated rings. The van der Waals surface area contributed by atoms with Crippen LogP contribution in [0.5, 0.6) is 0 Å². The molecule has 2 N–H and O–H groups in total. The second kappa shape index (κ2) is 13.6. The van der Waals surface area contributed by atoms with Gasteiger partial charge in [0.1, 0.15) is 29.5 Å². The highest BCUT2D eigenvalue weighted by Crippen LogP contribution is 2.40. The van der Waals surface area contributed by atoms with Crippen molar-refractivity contribution in [3.05, 3.63) is 35.9 Å². The fraction of sp³-hybridized carbons (Fsp3) is 0.700. The summed E-state index contributed by atoms with van der Waals surface area (Å²) in [6.07, 6.45) is -3.69. The zero-order valence-corrected chi connectivity index (χ0v) is 25.9. The van der Waals surface area contributed by atoms with Crippen LogP contribution in [0.3, 0.4) is 0 Å². The first-order valence-electron chi connectivity index (χ1n) is 14.1. The monoisotopic (exact) mass is 594 g/mol. The van der Waals surface area contributed by atoms with Gasteiger partial charge in [-0.1, -0.05) is 30.3 Å². The molecule has 12 heteroatoms. The number of amides is 2. The van der Waals surface area contributed by atoms with Gasteiger partial charge in [-0.05, 0) is 47.1 Å². The first-order valence-corrected chi connectivity index (χ1v) is 14.1. The fourth-order valence-corrected chi connectivity index (χ4v) is 4.84. The minimum absolute atomic E-state index is 0.0754. The molecule has 2 aliphatic rings. The Morgan fingerprint density at radius 1 is 1.10 bits per heavy atom. The van der Waals surface area contributed by atoms with Crippen molar-refractivity contribution < 1.29 is 47.9 Å². The Morgan fingerprint density at radius 2 is 1.71 bits per heavy atom. The van der Waals surface area contributed by atoms with Gasteiger partial charge in [0.25, 0.3) is 0 Å². The molecule has 3 rings (SSSR count). The Labute approximate surface area is 247 Å². The molecule has 0 saturated carbocycles. The van der Waals surface area contributed by atoms with Gasteiger partial charge < -0.3 is 43.7 Å². The fourth-order valence-electron chi connectivity index (χ4n) is 4.84. The molecule has 2 amide bonds. The maximum atomic E-state index is 13.1. The van der Waals surface area contributed by atoms with E-state index in [4.69, 9.17) is 28.4 Å². The number of benzene rings is 1. The van der Waals surface area contributed by atoms with Crippen LogP contribution in [-0.2, 0) is 39.8 Å². The number of hydrogen-bond donors (Lipinski definition) is 2. The van der Waals surface area contributed by atoms with E-state index in [9.17, 15) is 19.5 Å². The van der Waals surface area contributed by atoms with Crippen LogP contribution in [0.1, 0.15) is 59.9 Å². The van der Waals surface area contributed by atoms with E-state index in [-0.39, 0.29) is 32.7 Å². The molecule has 1 aromatic rings. The van der Waals surface area contributed by atoms with Gasteiger partial charge in [0, 0.05) is 19.9 Å². The average molecular weight is 595 g/mol. The summed E-state index contributed by atoms with van der Waals surface area (Å²) in [5, 5.41) is 14.1. The number of alkyl carbamates (subject to hydrolysis) is 1. The third-order valence-corrected chi connectivity index (χ3v) is 6.90. The van der Waals surface area contributed by atoms with Crippen LogP contribution < -0.4 is 5.32 Å². The number of hydrogen-bond acceptors (Lipinski definition) is 10. The number of epoxide rings is 1. The predicted octanol–water partition coefficient (Wildman–Crippen LogP) is 3.18. The van der Waals surface area contributed by atoms with Crippen molar-refractivity contribution >= 4 is 18.2 Å². The lowest BCUT2D eigenvalue weighted by atomic mass is 9.87. The van der Waals surface area contributed by atoms with E-state index in [1.165, 1.54) is 12.0 Å². The quantitative estimate of drug-likeness (QED) is 0.235. The summed E-state index contributed by atoms with van der Waals surface area (Å²) in [5.41, 5.74) is -1.43. The lowest BCUT2D eigenvalue weighted by molar-refractivity contribution is -0.186. The van der Waals surface area contributed by atoms with Crippen LogP contribution in [0.15, 0.2) is 30.3 Å². The molecule has 0 radical (unpaired) electrons. The Bertz CT molecular complexity index is 1060. The van der Waals surface area contributed by atoms with E-state index >= 15 is 0 Å². The predicted molar refractivity (Wildman–Crippen MR) is 152 cm³/mol. The lowest BCUT2D eigenvalue weighted by Gasteiger charge is -2.44. The molecule has 1 unspecified atom stereocenters. The lowest BCUT2D eigenvalue weighted by Crippen LogP contribution is -2.62. The van der Waals surface area contributed by atoms with Gasteiger partial charge in [-0.25, -0.2) is 14.4 Å². The Morgan fingerprint density at radius 3 is 2.26 bits per heavy atom.